The second kappa shape index (κ2) is 8.97. The van der Waals surface area contributed by atoms with Crippen molar-refractivity contribution in [2.45, 2.75) is 12.8 Å². The van der Waals surface area contributed by atoms with Crippen LogP contribution in [0.15, 0.2) is 42.5 Å². The predicted octanol–water partition coefficient (Wildman–Crippen LogP) is 3.85. The van der Waals surface area contributed by atoms with Crippen LogP contribution in [0.4, 0.5) is 5.69 Å². The summed E-state index contributed by atoms with van der Waals surface area (Å²) >= 11 is 5.89. The van der Waals surface area contributed by atoms with Crippen LogP contribution in [-0.2, 0) is 4.79 Å². The molecule has 1 heterocycles. The van der Waals surface area contributed by atoms with E-state index in [1.807, 2.05) is 0 Å². The summed E-state index contributed by atoms with van der Waals surface area (Å²) in [4.78, 5) is 27.2. The highest BCUT2D eigenvalue weighted by molar-refractivity contribution is 6.30. The van der Waals surface area contributed by atoms with Crippen molar-refractivity contribution in [1.82, 2.24) is 4.90 Å². The minimum Gasteiger partial charge on any atom is -0.493 e. The van der Waals surface area contributed by atoms with Gasteiger partial charge in [-0.1, -0.05) is 11.6 Å². The highest BCUT2D eigenvalue weighted by atomic mass is 35.5. The maximum absolute atomic E-state index is 12.7. The number of hydrogen-bond acceptors (Lipinski definition) is 4. The molecule has 2 aromatic carbocycles. The fraction of sp³-hybridized carbons (Fsp3) is 0.333. The first-order valence-electron chi connectivity index (χ1n) is 9.09. The lowest BCUT2D eigenvalue weighted by Crippen LogP contribution is -2.43. The molecule has 1 N–H and O–H groups in total. The van der Waals surface area contributed by atoms with Gasteiger partial charge in [-0.15, -0.1) is 0 Å². The molecular weight excluding hydrogens is 380 g/mol. The van der Waals surface area contributed by atoms with Crippen LogP contribution in [0.25, 0.3) is 0 Å². The topological polar surface area (TPSA) is 67.9 Å². The SMILES string of the molecule is COc1ccc(NC(=O)C2CCCN(C(=O)c3ccc(Cl)cc3)C2)cc1OC. The Morgan fingerprint density at radius 3 is 2.46 bits per heavy atom. The Bertz CT molecular complexity index is 854. The second-order valence-electron chi connectivity index (χ2n) is 6.66. The molecule has 1 aliphatic rings. The molecule has 1 fully saturated rings. The van der Waals surface area contributed by atoms with Crippen LogP contribution in [-0.4, -0.2) is 44.0 Å². The zero-order valence-corrected chi connectivity index (χ0v) is 16.7. The molecule has 1 aliphatic heterocycles. The molecule has 1 atom stereocenters. The van der Waals surface area contributed by atoms with E-state index in [0.29, 0.717) is 40.9 Å². The number of nitrogens with zero attached hydrogens (tertiary/aromatic N) is 1. The maximum atomic E-state index is 12.7. The molecule has 0 radical (unpaired) electrons. The van der Waals surface area contributed by atoms with Crippen LogP contribution in [0, 0.1) is 5.92 Å². The van der Waals surface area contributed by atoms with Gasteiger partial charge >= 0.3 is 0 Å². The molecule has 2 aromatic rings. The molecule has 0 aromatic heterocycles. The van der Waals surface area contributed by atoms with E-state index < -0.39 is 0 Å². The summed E-state index contributed by atoms with van der Waals surface area (Å²) in [5.41, 5.74) is 1.20. The zero-order valence-electron chi connectivity index (χ0n) is 15.9. The van der Waals surface area contributed by atoms with Crippen molar-refractivity contribution in [3.63, 3.8) is 0 Å². The van der Waals surface area contributed by atoms with Gasteiger partial charge in [-0.2, -0.15) is 0 Å². The average Bonchev–Trinajstić information content (AvgIpc) is 2.73. The molecule has 1 unspecified atom stereocenters. The van der Waals surface area contributed by atoms with Gasteiger partial charge in [0.05, 0.1) is 20.1 Å². The average molecular weight is 403 g/mol. The van der Waals surface area contributed by atoms with Gasteiger partial charge in [-0.05, 0) is 49.2 Å². The number of halogens is 1. The van der Waals surface area contributed by atoms with E-state index in [0.717, 1.165) is 12.8 Å². The molecule has 0 saturated carbocycles. The lowest BCUT2D eigenvalue weighted by molar-refractivity contribution is -0.121. The number of piperidine rings is 1. The number of ether oxygens (including phenoxy) is 2. The van der Waals surface area contributed by atoms with E-state index in [2.05, 4.69) is 5.32 Å². The first-order chi connectivity index (χ1) is 13.5. The van der Waals surface area contributed by atoms with Gasteiger partial charge in [0.2, 0.25) is 5.91 Å². The van der Waals surface area contributed by atoms with E-state index >= 15 is 0 Å². The van der Waals surface area contributed by atoms with Gasteiger partial charge in [0.15, 0.2) is 11.5 Å². The third kappa shape index (κ3) is 4.57. The number of carbonyl (C=O) groups is 2. The van der Waals surface area contributed by atoms with Crippen LogP contribution >= 0.6 is 11.6 Å². The number of nitrogens with one attached hydrogen (secondary N) is 1. The lowest BCUT2D eigenvalue weighted by atomic mass is 9.96. The Hall–Kier alpha value is -2.73. The summed E-state index contributed by atoms with van der Waals surface area (Å²) in [6.45, 7) is 1.03. The summed E-state index contributed by atoms with van der Waals surface area (Å²) in [7, 11) is 3.11. The molecule has 0 spiro atoms. The monoisotopic (exact) mass is 402 g/mol. The maximum Gasteiger partial charge on any atom is 0.253 e. The Labute approximate surface area is 169 Å². The fourth-order valence-corrected chi connectivity index (χ4v) is 3.43. The van der Waals surface area contributed by atoms with Crippen molar-refractivity contribution in [3.8, 4) is 11.5 Å². The summed E-state index contributed by atoms with van der Waals surface area (Å²) in [6, 6.07) is 12.0. The van der Waals surface area contributed by atoms with Crippen molar-refractivity contribution in [3.05, 3.63) is 53.1 Å². The number of carbonyl (C=O) groups excluding carboxylic acids is 2. The van der Waals surface area contributed by atoms with E-state index in [1.54, 1.807) is 61.6 Å². The quantitative estimate of drug-likeness (QED) is 0.824. The van der Waals surface area contributed by atoms with Gasteiger partial charge in [0, 0.05) is 35.4 Å². The highest BCUT2D eigenvalue weighted by Crippen LogP contribution is 2.30. The lowest BCUT2D eigenvalue weighted by Gasteiger charge is -2.32. The van der Waals surface area contributed by atoms with Crippen molar-refractivity contribution < 1.29 is 19.1 Å². The molecule has 0 aliphatic carbocycles. The van der Waals surface area contributed by atoms with Gasteiger partial charge in [-0.25, -0.2) is 0 Å². The Morgan fingerprint density at radius 2 is 1.79 bits per heavy atom. The molecule has 2 amide bonds. The molecule has 28 heavy (non-hydrogen) atoms. The Kier molecular flexibility index (Phi) is 6.41. The fourth-order valence-electron chi connectivity index (χ4n) is 3.31. The third-order valence-electron chi connectivity index (χ3n) is 4.82. The number of likely N-dealkylation sites (tertiary alicyclic amines) is 1. The number of hydrogen-bond donors (Lipinski definition) is 1. The van der Waals surface area contributed by atoms with Crippen LogP contribution in [0.2, 0.25) is 5.02 Å². The number of amides is 2. The van der Waals surface area contributed by atoms with Crippen molar-refractivity contribution in [2.75, 3.05) is 32.6 Å². The Morgan fingerprint density at radius 1 is 1.07 bits per heavy atom. The third-order valence-corrected chi connectivity index (χ3v) is 5.07. The van der Waals surface area contributed by atoms with E-state index in [-0.39, 0.29) is 17.7 Å². The van der Waals surface area contributed by atoms with Gasteiger partial charge < -0.3 is 19.7 Å². The smallest absolute Gasteiger partial charge is 0.253 e. The summed E-state index contributed by atoms with van der Waals surface area (Å²) in [6.07, 6.45) is 1.52. The molecule has 3 rings (SSSR count). The number of rotatable bonds is 5. The molecule has 6 nitrogen and oxygen atoms in total. The molecule has 148 valence electrons. The van der Waals surface area contributed by atoms with Gasteiger partial charge in [0.25, 0.3) is 5.91 Å². The molecule has 1 saturated heterocycles. The van der Waals surface area contributed by atoms with Gasteiger partial charge in [0.1, 0.15) is 0 Å². The van der Waals surface area contributed by atoms with Crippen molar-refractivity contribution in [1.29, 1.82) is 0 Å². The number of anilines is 1. The first kappa shape index (κ1) is 20.0. The van der Waals surface area contributed by atoms with Crippen molar-refractivity contribution in [2.24, 2.45) is 5.92 Å². The second-order valence-corrected chi connectivity index (χ2v) is 7.09. The van der Waals surface area contributed by atoms with E-state index in [9.17, 15) is 9.59 Å². The Balaban J connectivity index is 1.66. The van der Waals surface area contributed by atoms with E-state index in [1.165, 1.54) is 0 Å². The van der Waals surface area contributed by atoms with Gasteiger partial charge in [-0.3, -0.25) is 9.59 Å². The van der Waals surface area contributed by atoms with E-state index in [4.69, 9.17) is 21.1 Å². The molecule has 7 heteroatoms. The van der Waals surface area contributed by atoms with Crippen LogP contribution in [0.5, 0.6) is 11.5 Å². The first-order valence-corrected chi connectivity index (χ1v) is 9.47. The number of benzene rings is 2. The minimum atomic E-state index is -0.266. The normalized spacial score (nSPS) is 16.4. The molecule has 0 bridgehead atoms. The highest BCUT2D eigenvalue weighted by Gasteiger charge is 2.29. The summed E-state index contributed by atoms with van der Waals surface area (Å²) in [5, 5.41) is 3.50. The molecular formula is C21H23ClN2O4. The summed E-state index contributed by atoms with van der Waals surface area (Å²) in [5.74, 6) is 0.681. The largest absolute Gasteiger partial charge is 0.493 e. The number of methoxy groups -OCH3 is 2. The standard InChI is InChI=1S/C21H23ClN2O4/c1-27-18-10-9-17(12-19(18)28-2)23-20(25)15-4-3-11-24(13-15)21(26)14-5-7-16(22)8-6-14/h5-10,12,15H,3-4,11,13H2,1-2H3,(H,23,25). The van der Waals surface area contributed by atoms with Crippen LogP contribution in [0.3, 0.4) is 0 Å². The van der Waals surface area contributed by atoms with Crippen LogP contribution < -0.4 is 14.8 Å². The predicted molar refractivity (Wildman–Crippen MR) is 108 cm³/mol. The van der Waals surface area contributed by atoms with Crippen LogP contribution in [0.1, 0.15) is 23.2 Å². The minimum absolute atomic E-state index is 0.0831. The zero-order chi connectivity index (χ0) is 20.1. The van der Waals surface area contributed by atoms with Crippen molar-refractivity contribution >= 4 is 29.1 Å². The summed E-state index contributed by atoms with van der Waals surface area (Å²) < 4.78 is 10.5.